The van der Waals surface area contributed by atoms with E-state index in [9.17, 15) is 0 Å². The summed E-state index contributed by atoms with van der Waals surface area (Å²) in [5.41, 5.74) is 5.73. The quantitative estimate of drug-likeness (QED) is 0.797. The van der Waals surface area contributed by atoms with Crippen molar-refractivity contribution in [2.45, 2.75) is 77.0 Å². The maximum absolute atomic E-state index is 5.73. The molecular weight excluding hydrogens is 260 g/mol. The second kappa shape index (κ2) is 8.52. The second-order valence-corrected chi connectivity index (χ2v) is 6.62. The number of hydrogen-bond donors (Lipinski definition) is 1. The standard InChI is InChI=1S/C17H32N4/c1-3-7-14(12-13-18)10-11-16-19-17(20-21(16)2)15-8-5-4-6-9-15/h14-15H,3-13,18H2,1-2H3. The Morgan fingerprint density at radius 1 is 1.19 bits per heavy atom. The van der Waals surface area contributed by atoms with E-state index in [1.165, 1.54) is 51.4 Å². The Hall–Kier alpha value is -0.900. The van der Waals surface area contributed by atoms with Gasteiger partial charge in [-0.15, -0.1) is 0 Å². The molecule has 1 aromatic rings. The molecule has 120 valence electrons. The highest BCUT2D eigenvalue weighted by molar-refractivity contribution is 5.00. The van der Waals surface area contributed by atoms with Crippen LogP contribution in [0.25, 0.3) is 0 Å². The first kappa shape index (κ1) is 16.5. The van der Waals surface area contributed by atoms with Gasteiger partial charge in [-0.2, -0.15) is 5.10 Å². The molecule has 0 bridgehead atoms. The molecule has 1 atom stereocenters. The zero-order valence-corrected chi connectivity index (χ0v) is 13.9. The van der Waals surface area contributed by atoms with Crippen molar-refractivity contribution in [3.05, 3.63) is 11.6 Å². The van der Waals surface area contributed by atoms with E-state index in [4.69, 9.17) is 10.7 Å². The van der Waals surface area contributed by atoms with Gasteiger partial charge in [0.2, 0.25) is 0 Å². The van der Waals surface area contributed by atoms with Crippen LogP contribution in [0.2, 0.25) is 0 Å². The zero-order valence-electron chi connectivity index (χ0n) is 13.9. The van der Waals surface area contributed by atoms with E-state index in [1.807, 2.05) is 11.7 Å². The molecule has 1 fully saturated rings. The van der Waals surface area contributed by atoms with Crippen molar-refractivity contribution in [3.8, 4) is 0 Å². The summed E-state index contributed by atoms with van der Waals surface area (Å²) in [5, 5.41) is 4.69. The Morgan fingerprint density at radius 3 is 2.62 bits per heavy atom. The Labute approximate surface area is 129 Å². The van der Waals surface area contributed by atoms with Gasteiger partial charge in [0, 0.05) is 19.4 Å². The molecule has 1 aromatic heterocycles. The number of aromatic nitrogens is 3. The minimum atomic E-state index is 0.606. The van der Waals surface area contributed by atoms with Gasteiger partial charge in [-0.25, -0.2) is 4.98 Å². The van der Waals surface area contributed by atoms with Gasteiger partial charge in [-0.1, -0.05) is 39.0 Å². The van der Waals surface area contributed by atoms with Gasteiger partial charge >= 0.3 is 0 Å². The van der Waals surface area contributed by atoms with Crippen LogP contribution in [0, 0.1) is 5.92 Å². The summed E-state index contributed by atoms with van der Waals surface area (Å²) in [6, 6.07) is 0. The van der Waals surface area contributed by atoms with E-state index in [1.54, 1.807) is 0 Å². The number of rotatable bonds is 8. The fraction of sp³-hybridized carbons (Fsp3) is 0.882. The van der Waals surface area contributed by atoms with Crippen LogP contribution >= 0.6 is 0 Å². The molecule has 1 aliphatic rings. The monoisotopic (exact) mass is 292 g/mol. The van der Waals surface area contributed by atoms with Gasteiger partial charge in [0.05, 0.1) is 0 Å². The predicted molar refractivity (Wildman–Crippen MR) is 87.2 cm³/mol. The van der Waals surface area contributed by atoms with Crippen molar-refractivity contribution in [2.24, 2.45) is 18.7 Å². The van der Waals surface area contributed by atoms with Crippen LogP contribution in [-0.4, -0.2) is 21.3 Å². The smallest absolute Gasteiger partial charge is 0.154 e. The van der Waals surface area contributed by atoms with Crippen molar-refractivity contribution in [3.63, 3.8) is 0 Å². The Morgan fingerprint density at radius 2 is 1.95 bits per heavy atom. The van der Waals surface area contributed by atoms with Crippen molar-refractivity contribution in [1.29, 1.82) is 0 Å². The van der Waals surface area contributed by atoms with E-state index in [0.717, 1.165) is 37.0 Å². The normalized spacial score (nSPS) is 18.0. The minimum absolute atomic E-state index is 0.606. The lowest BCUT2D eigenvalue weighted by atomic mass is 9.89. The molecule has 21 heavy (non-hydrogen) atoms. The van der Waals surface area contributed by atoms with Crippen molar-refractivity contribution >= 4 is 0 Å². The second-order valence-electron chi connectivity index (χ2n) is 6.62. The predicted octanol–water partition coefficient (Wildman–Crippen LogP) is 3.56. The number of hydrogen-bond acceptors (Lipinski definition) is 3. The Kier molecular flexibility index (Phi) is 6.68. The van der Waals surface area contributed by atoms with Crippen LogP contribution in [0.1, 0.15) is 82.3 Å². The van der Waals surface area contributed by atoms with Crippen molar-refractivity contribution < 1.29 is 0 Å². The average Bonchev–Trinajstić information content (AvgIpc) is 2.87. The molecule has 4 heteroatoms. The Bertz CT molecular complexity index is 401. The summed E-state index contributed by atoms with van der Waals surface area (Å²) in [4.78, 5) is 4.85. The van der Waals surface area contributed by atoms with Crippen LogP contribution in [0.15, 0.2) is 0 Å². The van der Waals surface area contributed by atoms with Gasteiger partial charge in [0.15, 0.2) is 5.82 Å². The van der Waals surface area contributed by atoms with E-state index < -0.39 is 0 Å². The molecule has 1 unspecified atom stereocenters. The number of nitrogens with zero attached hydrogens (tertiary/aromatic N) is 3. The van der Waals surface area contributed by atoms with Crippen LogP contribution in [0.5, 0.6) is 0 Å². The molecule has 0 aliphatic heterocycles. The molecule has 0 aromatic carbocycles. The first-order valence-corrected chi connectivity index (χ1v) is 8.84. The highest BCUT2D eigenvalue weighted by Gasteiger charge is 2.21. The van der Waals surface area contributed by atoms with E-state index in [0.29, 0.717) is 5.92 Å². The lowest BCUT2D eigenvalue weighted by Crippen LogP contribution is -2.11. The summed E-state index contributed by atoms with van der Waals surface area (Å²) in [6.07, 6.45) is 12.5. The van der Waals surface area contributed by atoms with Gasteiger partial charge in [0.1, 0.15) is 5.82 Å². The third-order valence-corrected chi connectivity index (χ3v) is 4.89. The molecule has 1 heterocycles. The summed E-state index contributed by atoms with van der Waals surface area (Å²) in [5.74, 6) is 3.61. The number of aryl methyl sites for hydroxylation is 2. The fourth-order valence-corrected chi connectivity index (χ4v) is 3.60. The highest BCUT2D eigenvalue weighted by Crippen LogP contribution is 2.31. The minimum Gasteiger partial charge on any atom is -0.330 e. The van der Waals surface area contributed by atoms with Gasteiger partial charge in [-0.05, 0) is 38.1 Å². The molecule has 4 nitrogen and oxygen atoms in total. The number of nitrogens with two attached hydrogens (primary N) is 1. The molecule has 0 radical (unpaired) electrons. The van der Waals surface area contributed by atoms with Crippen LogP contribution in [0.3, 0.4) is 0 Å². The summed E-state index contributed by atoms with van der Waals surface area (Å²) in [7, 11) is 2.05. The van der Waals surface area contributed by atoms with Crippen LogP contribution < -0.4 is 5.73 Å². The fourth-order valence-electron chi connectivity index (χ4n) is 3.60. The third-order valence-electron chi connectivity index (χ3n) is 4.89. The first-order valence-electron chi connectivity index (χ1n) is 8.84. The topological polar surface area (TPSA) is 56.7 Å². The van der Waals surface area contributed by atoms with Gasteiger partial charge in [0.25, 0.3) is 0 Å². The Balaban J connectivity index is 1.92. The average molecular weight is 292 g/mol. The van der Waals surface area contributed by atoms with Crippen molar-refractivity contribution in [1.82, 2.24) is 14.8 Å². The molecule has 0 saturated heterocycles. The maximum atomic E-state index is 5.73. The summed E-state index contributed by atoms with van der Waals surface area (Å²) < 4.78 is 2.01. The third kappa shape index (κ3) is 4.80. The summed E-state index contributed by atoms with van der Waals surface area (Å²) >= 11 is 0. The molecule has 1 saturated carbocycles. The molecule has 2 rings (SSSR count). The molecule has 0 amide bonds. The molecular formula is C17H32N4. The van der Waals surface area contributed by atoms with E-state index in [2.05, 4.69) is 12.0 Å². The first-order chi connectivity index (χ1) is 10.2. The van der Waals surface area contributed by atoms with Crippen LogP contribution in [0.4, 0.5) is 0 Å². The molecule has 1 aliphatic carbocycles. The highest BCUT2D eigenvalue weighted by atomic mass is 15.3. The lowest BCUT2D eigenvalue weighted by Gasteiger charge is -2.18. The van der Waals surface area contributed by atoms with Gasteiger partial charge in [-0.3, -0.25) is 4.68 Å². The SMILES string of the molecule is CCCC(CCN)CCc1nc(C2CCCCC2)nn1C. The zero-order chi connectivity index (χ0) is 15.1. The van der Waals surface area contributed by atoms with Crippen LogP contribution in [-0.2, 0) is 13.5 Å². The lowest BCUT2D eigenvalue weighted by molar-refractivity contribution is 0.414. The molecule has 2 N–H and O–H groups in total. The van der Waals surface area contributed by atoms with E-state index >= 15 is 0 Å². The maximum Gasteiger partial charge on any atom is 0.154 e. The van der Waals surface area contributed by atoms with Gasteiger partial charge < -0.3 is 5.73 Å². The molecule has 0 spiro atoms. The summed E-state index contributed by atoms with van der Waals surface area (Å²) in [6.45, 7) is 3.06. The van der Waals surface area contributed by atoms with Crippen molar-refractivity contribution in [2.75, 3.05) is 6.54 Å². The van der Waals surface area contributed by atoms with E-state index in [-0.39, 0.29) is 0 Å². The largest absolute Gasteiger partial charge is 0.330 e.